The molecule has 0 aromatic rings. The Morgan fingerprint density at radius 1 is 1.14 bits per heavy atom. The van der Waals surface area contributed by atoms with Gasteiger partial charge in [-0.3, -0.25) is 0 Å². The van der Waals surface area contributed by atoms with E-state index in [1.807, 2.05) is 24.6 Å². The molecule has 1 rings (SSSR count). The number of nitrogens with one attached hydrogen (secondary N) is 1. The molecule has 0 amide bonds. The quantitative estimate of drug-likeness (QED) is 0.727. The summed E-state index contributed by atoms with van der Waals surface area (Å²) in [6.07, 6.45) is 7.57. The van der Waals surface area contributed by atoms with Crippen LogP contribution >= 0.6 is 0 Å². The minimum Gasteiger partial charge on any atom is -0.338 e. The van der Waals surface area contributed by atoms with Gasteiger partial charge >= 0.3 is 0 Å². The van der Waals surface area contributed by atoms with Crippen molar-refractivity contribution in [3.05, 3.63) is 24.6 Å². The second kappa shape index (κ2) is 4.84. The van der Waals surface area contributed by atoms with E-state index in [-0.39, 0.29) is 0 Å². The van der Waals surface area contributed by atoms with Crippen LogP contribution in [-0.4, -0.2) is 22.9 Å². The van der Waals surface area contributed by atoms with Crippen molar-refractivity contribution in [2.75, 3.05) is 0 Å². The molecule has 1 aliphatic rings. The molecule has 0 aromatic carbocycles. The molecule has 1 N–H and O–H groups in total. The first-order valence-electron chi connectivity index (χ1n) is 5.07. The van der Waals surface area contributed by atoms with Gasteiger partial charge in [0.25, 0.3) is 0 Å². The van der Waals surface area contributed by atoms with E-state index in [0.29, 0.717) is 12.1 Å². The van der Waals surface area contributed by atoms with E-state index in [0.717, 1.165) is 5.96 Å². The molecule has 14 heavy (non-hydrogen) atoms. The number of hydrogen-bond acceptors (Lipinski definition) is 3. The molecular weight excluding hydrogens is 174 g/mol. The number of guanidine groups is 1. The van der Waals surface area contributed by atoms with E-state index in [1.54, 1.807) is 0 Å². The number of allylic oxidation sites excluding steroid dienone is 2. The first-order valence-corrected chi connectivity index (χ1v) is 5.07. The molecule has 3 heteroatoms. The third kappa shape index (κ3) is 2.62. The summed E-state index contributed by atoms with van der Waals surface area (Å²) in [6, 6.07) is 0.891. The Morgan fingerprint density at radius 3 is 2.36 bits per heavy atom. The predicted octanol–water partition coefficient (Wildman–Crippen LogP) is 2.09. The molecule has 1 heterocycles. The van der Waals surface area contributed by atoms with Gasteiger partial charge in [0.2, 0.25) is 5.96 Å². The van der Waals surface area contributed by atoms with E-state index < -0.39 is 0 Å². The van der Waals surface area contributed by atoms with Gasteiger partial charge in [-0.25, -0.2) is 4.99 Å². The molecule has 0 spiro atoms. The Labute approximate surface area is 86.2 Å². The monoisotopic (exact) mass is 193 g/mol. The van der Waals surface area contributed by atoms with Crippen LogP contribution in [-0.2, 0) is 0 Å². The van der Waals surface area contributed by atoms with Crippen LogP contribution in [0.5, 0.6) is 0 Å². The van der Waals surface area contributed by atoms with Crippen LogP contribution < -0.4 is 5.32 Å². The van der Waals surface area contributed by atoms with Crippen LogP contribution in [0.2, 0.25) is 0 Å². The predicted molar refractivity (Wildman–Crippen MR) is 61.0 cm³/mol. The summed E-state index contributed by atoms with van der Waals surface area (Å²) in [6.45, 7) is 8.68. The summed E-state index contributed by atoms with van der Waals surface area (Å²) in [7, 11) is 0. The zero-order valence-corrected chi connectivity index (χ0v) is 9.36. The third-order valence-corrected chi connectivity index (χ3v) is 2.06. The zero-order chi connectivity index (χ0) is 10.6. The van der Waals surface area contributed by atoms with Crippen molar-refractivity contribution in [1.82, 2.24) is 10.2 Å². The molecule has 0 saturated carbocycles. The Kier molecular flexibility index (Phi) is 3.74. The topological polar surface area (TPSA) is 27.6 Å². The lowest BCUT2D eigenvalue weighted by Gasteiger charge is -2.33. The van der Waals surface area contributed by atoms with E-state index in [9.17, 15) is 0 Å². The second-order valence-electron chi connectivity index (χ2n) is 3.89. The molecule has 0 aliphatic carbocycles. The lowest BCUT2D eigenvalue weighted by atomic mass is 10.2. The second-order valence-corrected chi connectivity index (χ2v) is 3.89. The van der Waals surface area contributed by atoms with Crippen molar-refractivity contribution < 1.29 is 0 Å². The van der Waals surface area contributed by atoms with Gasteiger partial charge in [0.15, 0.2) is 0 Å². The van der Waals surface area contributed by atoms with Crippen molar-refractivity contribution in [3.63, 3.8) is 0 Å². The van der Waals surface area contributed by atoms with Crippen LogP contribution in [0.25, 0.3) is 0 Å². The Hall–Kier alpha value is -1.25. The van der Waals surface area contributed by atoms with Crippen LogP contribution in [0.15, 0.2) is 29.5 Å². The first-order chi connectivity index (χ1) is 6.63. The number of hydrogen-bond donors (Lipinski definition) is 1. The lowest BCUT2D eigenvalue weighted by molar-refractivity contribution is 0.285. The van der Waals surface area contributed by atoms with Crippen molar-refractivity contribution in [3.8, 4) is 0 Å². The zero-order valence-electron chi connectivity index (χ0n) is 9.36. The summed E-state index contributed by atoms with van der Waals surface area (Å²) < 4.78 is 0. The van der Waals surface area contributed by atoms with E-state index in [4.69, 9.17) is 0 Å². The van der Waals surface area contributed by atoms with Crippen LogP contribution in [0.3, 0.4) is 0 Å². The van der Waals surface area contributed by atoms with Gasteiger partial charge in [0.1, 0.15) is 0 Å². The van der Waals surface area contributed by atoms with Gasteiger partial charge in [0, 0.05) is 24.5 Å². The fraction of sp³-hybridized carbons (Fsp3) is 0.545. The van der Waals surface area contributed by atoms with Gasteiger partial charge < -0.3 is 10.2 Å². The SMILES string of the molecule is CC(C)N(C1=NC=CC=CN1)C(C)C. The van der Waals surface area contributed by atoms with Crippen molar-refractivity contribution in [1.29, 1.82) is 0 Å². The fourth-order valence-electron chi connectivity index (χ4n) is 1.61. The molecule has 0 saturated heterocycles. The Balaban J connectivity index is 2.82. The molecule has 0 atom stereocenters. The molecule has 0 fully saturated rings. The highest BCUT2D eigenvalue weighted by atomic mass is 15.3. The Morgan fingerprint density at radius 2 is 1.79 bits per heavy atom. The molecule has 0 aromatic heterocycles. The highest BCUT2D eigenvalue weighted by Crippen LogP contribution is 2.06. The smallest absolute Gasteiger partial charge is 0.203 e. The average molecular weight is 193 g/mol. The summed E-state index contributed by atoms with van der Waals surface area (Å²) in [5.41, 5.74) is 0. The molecule has 1 aliphatic heterocycles. The minimum atomic E-state index is 0.446. The number of nitrogens with zero attached hydrogens (tertiary/aromatic N) is 2. The molecular formula is C11H19N3. The van der Waals surface area contributed by atoms with Gasteiger partial charge in [-0.1, -0.05) is 0 Å². The fourth-order valence-corrected chi connectivity index (χ4v) is 1.61. The summed E-state index contributed by atoms with van der Waals surface area (Å²) in [4.78, 5) is 6.60. The van der Waals surface area contributed by atoms with E-state index in [1.165, 1.54) is 0 Å². The van der Waals surface area contributed by atoms with Crippen LogP contribution in [0.1, 0.15) is 27.7 Å². The maximum absolute atomic E-state index is 4.35. The maximum Gasteiger partial charge on any atom is 0.203 e. The third-order valence-electron chi connectivity index (χ3n) is 2.06. The van der Waals surface area contributed by atoms with E-state index >= 15 is 0 Å². The Bertz CT molecular complexity index is 254. The molecule has 78 valence electrons. The highest BCUT2D eigenvalue weighted by Gasteiger charge is 2.17. The summed E-state index contributed by atoms with van der Waals surface area (Å²) in [5, 5.41) is 3.18. The first kappa shape index (κ1) is 10.8. The van der Waals surface area contributed by atoms with Crippen LogP contribution in [0.4, 0.5) is 0 Å². The van der Waals surface area contributed by atoms with Crippen molar-refractivity contribution >= 4 is 5.96 Å². The molecule has 0 radical (unpaired) electrons. The maximum atomic E-state index is 4.35. The van der Waals surface area contributed by atoms with E-state index in [2.05, 4.69) is 42.9 Å². The van der Waals surface area contributed by atoms with Crippen molar-refractivity contribution in [2.45, 2.75) is 39.8 Å². The normalized spacial score (nSPS) is 15.4. The number of aliphatic imine (C=N–C) groups is 1. The lowest BCUT2D eigenvalue weighted by Crippen LogP contribution is -2.47. The van der Waals surface area contributed by atoms with Gasteiger partial charge in [0.05, 0.1) is 0 Å². The largest absolute Gasteiger partial charge is 0.338 e. The standard InChI is InChI=1S/C11H19N3/c1-9(2)14(10(3)4)11-12-7-5-6-8-13-11/h5-10H,1-4H3,(H,12,13). The molecule has 3 nitrogen and oxygen atoms in total. The summed E-state index contributed by atoms with van der Waals surface area (Å²) >= 11 is 0. The average Bonchev–Trinajstić information content (AvgIpc) is 2.31. The van der Waals surface area contributed by atoms with Gasteiger partial charge in [-0.15, -0.1) is 0 Å². The van der Waals surface area contributed by atoms with Gasteiger partial charge in [-0.05, 0) is 39.8 Å². The molecule has 0 bridgehead atoms. The van der Waals surface area contributed by atoms with Crippen LogP contribution in [0, 0.1) is 0 Å². The van der Waals surface area contributed by atoms with Gasteiger partial charge in [-0.2, -0.15) is 0 Å². The summed E-state index contributed by atoms with van der Waals surface area (Å²) in [5.74, 6) is 0.917. The number of rotatable bonds is 2. The molecule has 0 unspecified atom stereocenters. The minimum absolute atomic E-state index is 0.446. The highest BCUT2D eigenvalue weighted by molar-refractivity contribution is 5.82. The van der Waals surface area contributed by atoms with Crippen molar-refractivity contribution in [2.24, 2.45) is 4.99 Å².